The van der Waals surface area contributed by atoms with Crippen LogP contribution in [0.25, 0.3) is 0 Å². The summed E-state index contributed by atoms with van der Waals surface area (Å²) in [4.78, 5) is 16.6. The number of carbonyl (C=O) groups excluding carboxylic acids is 1. The Morgan fingerprint density at radius 1 is 1.30 bits per heavy atom. The molecule has 0 aliphatic heterocycles. The summed E-state index contributed by atoms with van der Waals surface area (Å²) in [5, 5.41) is 5.18. The van der Waals surface area contributed by atoms with Crippen LogP contribution in [0.15, 0.2) is 34.8 Å². The third-order valence-electron chi connectivity index (χ3n) is 2.87. The summed E-state index contributed by atoms with van der Waals surface area (Å²) < 4.78 is 1.85. The Labute approximate surface area is 122 Å². The number of aromatic nitrogens is 1. The van der Waals surface area contributed by atoms with Gasteiger partial charge in [-0.15, -0.1) is 11.3 Å². The van der Waals surface area contributed by atoms with Gasteiger partial charge in [0.1, 0.15) is 0 Å². The van der Waals surface area contributed by atoms with Crippen molar-refractivity contribution in [3.8, 4) is 0 Å². The Kier molecular flexibility index (Phi) is 4.74. The van der Waals surface area contributed by atoms with Gasteiger partial charge in [-0.1, -0.05) is 6.07 Å². The summed E-state index contributed by atoms with van der Waals surface area (Å²) in [6, 6.07) is 6.28. The van der Waals surface area contributed by atoms with Gasteiger partial charge < -0.3 is 9.88 Å². The fraction of sp³-hybridized carbons (Fsp3) is 0.333. The molecule has 2 rings (SSSR count). The summed E-state index contributed by atoms with van der Waals surface area (Å²) in [5.74, 6) is -0.0973. The fourth-order valence-electron chi connectivity index (χ4n) is 1.99. The lowest BCUT2D eigenvalue weighted by Gasteiger charge is -2.07. The Morgan fingerprint density at radius 2 is 2.00 bits per heavy atom. The average Bonchev–Trinajstić information content (AvgIpc) is 2.73. The summed E-state index contributed by atoms with van der Waals surface area (Å²) in [5.41, 5.74) is 3.49. The number of nitrogens with one attached hydrogen (secondary N) is 1. The van der Waals surface area contributed by atoms with Crippen LogP contribution in [-0.4, -0.2) is 17.0 Å². The molecule has 0 saturated carbocycles. The molecule has 0 aliphatic rings. The first-order chi connectivity index (χ1) is 9.54. The SMILES string of the molecule is Cc1cc(C)cc(NCCC(=O)N=c2sccn2C)c1. The van der Waals surface area contributed by atoms with Gasteiger partial charge in [-0.2, -0.15) is 4.99 Å². The number of benzene rings is 1. The molecule has 4 nitrogen and oxygen atoms in total. The minimum absolute atomic E-state index is 0.0973. The number of nitrogens with zero attached hydrogens (tertiary/aromatic N) is 2. The maximum Gasteiger partial charge on any atom is 0.250 e. The first-order valence-corrected chi connectivity index (χ1v) is 7.42. The smallest absolute Gasteiger partial charge is 0.250 e. The second-order valence-corrected chi connectivity index (χ2v) is 5.73. The summed E-state index contributed by atoms with van der Waals surface area (Å²) in [6.45, 7) is 4.73. The zero-order chi connectivity index (χ0) is 14.5. The molecule has 0 spiro atoms. The van der Waals surface area contributed by atoms with Crippen molar-refractivity contribution in [2.75, 3.05) is 11.9 Å². The van der Waals surface area contributed by atoms with E-state index in [1.165, 1.54) is 22.5 Å². The van der Waals surface area contributed by atoms with E-state index in [9.17, 15) is 4.79 Å². The van der Waals surface area contributed by atoms with E-state index in [1.54, 1.807) is 0 Å². The lowest BCUT2D eigenvalue weighted by atomic mass is 10.1. The van der Waals surface area contributed by atoms with Crippen molar-refractivity contribution in [1.82, 2.24) is 4.57 Å². The third kappa shape index (κ3) is 4.06. The highest BCUT2D eigenvalue weighted by molar-refractivity contribution is 7.07. The molecular weight excluding hydrogens is 270 g/mol. The van der Waals surface area contributed by atoms with Crippen molar-refractivity contribution in [2.24, 2.45) is 12.0 Å². The highest BCUT2D eigenvalue weighted by atomic mass is 32.1. The molecule has 1 aromatic heterocycles. The molecule has 1 aromatic carbocycles. The van der Waals surface area contributed by atoms with Crippen molar-refractivity contribution in [3.63, 3.8) is 0 Å². The van der Waals surface area contributed by atoms with Crippen molar-refractivity contribution < 1.29 is 4.79 Å². The molecule has 1 heterocycles. The monoisotopic (exact) mass is 289 g/mol. The molecule has 5 heteroatoms. The molecule has 0 saturated heterocycles. The number of thiazole rings is 1. The van der Waals surface area contributed by atoms with Crippen LogP contribution in [0.4, 0.5) is 5.69 Å². The second kappa shape index (κ2) is 6.52. The van der Waals surface area contributed by atoms with Gasteiger partial charge in [0.2, 0.25) is 5.91 Å². The van der Waals surface area contributed by atoms with Crippen LogP contribution in [0.1, 0.15) is 17.5 Å². The summed E-state index contributed by atoms with van der Waals surface area (Å²) in [6.07, 6.45) is 2.29. The molecule has 1 N–H and O–H groups in total. The molecule has 0 fully saturated rings. The van der Waals surface area contributed by atoms with E-state index in [-0.39, 0.29) is 5.91 Å². The number of hydrogen-bond acceptors (Lipinski definition) is 3. The van der Waals surface area contributed by atoms with Gasteiger partial charge in [0, 0.05) is 37.3 Å². The van der Waals surface area contributed by atoms with Gasteiger partial charge in [0.05, 0.1) is 0 Å². The Balaban J connectivity index is 1.90. The van der Waals surface area contributed by atoms with Crippen molar-refractivity contribution >= 4 is 22.9 Å². The van der Waals surface area contributed by atoms with Crippen LogP contribution >= 0.6 is 11.3 Å². The van der Waals surface area contributed by atoms with E-state index in [0.717, 1.165) is 10.5 Å². The minimum Gasteiger partial charge on any atom is -0.385 e. The maximum atomic E-state index is 11.8. The Hall–Kier alpha value is -1.88. The van der Waals surface area contributed by atoms with Gasteiger partial charge in [0.25, 0.3) is 0 Å². The fourth-order valence-corrected chi connectivity index (χ4v) is 2.73. The minimum atomic E-state index is -0.0973. The Bertz CT molecular complexity index is 650. The quantitative estimate of drug-likeness (QED) is 0.940. The number of aryl methyl sites for hydroxylation is 3. The highest BCUT2D eigenvalue weighted by Gasteiger charge is 2.01. The maximum absolute atomic E-state index is 11.8. The van der Waals surface area contributed by atoms with Crippen LogP contribution in [0.5, 0.6) is 0 Å². The number of amides is 1. The zero-order valence-electron chi connectivity index (χ0n) is 12.0. The molecule has 106 valence electrons. The predicted octanol–water partition coefficient (Wildman–Crippen LogP) is 2.63. The predicted molar refractivity (Wildman–Crippen MR) is 82.9 cm³/mol. The van der Waals surface area contributed by atoms with E-state index >= 15 is 0 Å². The molecule has 0 aliphatic carbocycles. The molecule has 2 aromatic rings. The van der Waals surface area contributed by atoms with Crippen molar-refractivity contribution in [1.29, 1.82) is 0 Å². The lowest BCUT2D eigenvalue weighted by Crippen LogP contribution is -2.14. The van der Waals surface area contributed by atoms with Crippen LogP contribution in [0.2, 0.25) is 0 Å². The van der Waals surface area contributed by atoms with E-state index in [0.29, 0.717) is 13.0 Å². The van der Waals surface area contributed by atoms with Gasteiger partial charge in [-0.3, -0.25) is 4.79 Å². The summed E-state index contributed by atoms with van der Waals surface area (Å²) in [7, 11) is 1.89. The molecular formula is C15H19N3OS. The van der Waals surface area contributed by atoms with Crippen LogP contribution in [0.3, 0.4) is 0 Å². The van der Waals surface area contributed by atoms with Crippen LogP contribution in [0, 0.1) is 13.8 Å². The number of hydrogen-bond donors (Lipinski definition) is 1. The first-order valence-electron chi connectivity index (χ1n) is 6.54. The van der Waals surface area contributed by atoms with Gasteiger partial charge in [-0.25, -0.2) is 0 Å². The standard InChI is InChI=1S/C15H19N3OS/c1-11-8-12(2)10-13(9-11)16-5-4-14(19)17-15-18(3)6-7-20-15/h6-10,16H,4-5H2,1-3H3. The van der Waals surface area contributed by atoms with E-state index < -0.39 is 0 Å². The first kappa shape index (κ1) is 14.5. The van der Waals surface area contributed by atoms with Crippen molar-refractivity contribution in [2.45, 2.75) is 20.3 Å². The van der Waals surface area contributed by atoms with Gasteiger partial charge in [0.15, 0.2) is 4.80 Å². The molecule has 0 unspecified atom stereocenters. The highest BCUT2D eigenvalue weighted by Crippen LogP contribution is 2.13. The van der Waals surface area contributed by atoms with Crippen LogP contribution < -0.4 is 10.1 Å². The number of anilines is 1. The molecule has 1 amide bonds. The van der Waals surface area contributed by atoms with Gasteiger partial charge >= 0.3 is 0 Å². The average molecular weight is 289 g/mol. The topological polar surface area (TPSA) is 46.4 Å². The van der Waals surface area contributed by atoms with Crippen molar-refractivity contribution in [3.05, 3.63) is 45.7 Å². The van der Waals surface area contributed by atoms with E-state index in [2.05, 4.69) is 42.4 Å². The molecule has 20 heavy (non-hydrogen) atoms. The van der Waals surface area contributed by atoms with Crippen LogP contribution in [-0.2, 0) is 11.8 Å². The summed E-state index contributed by atoms with van der Waals surface area (Å²) >= 11 is 1.47. The lowest BCUT2D eigenvalue weighted by molar-refractivity contribution is -0.117. The zero-order valence-corrected chi connectivity index (χ0v) is 12.8. The van der Waals surface area contributed by atoms with E-state index in [4.69, 9.17) is 0 Å². The normalized spacial score (nSPS) is 11.7. The van der Waals surface area contributed by atoms with Gasteiger partial charge in [-0.05, 0) is 37.1 Å². The van der Waals surface area contributed by atoms with E-state index in [1.807, 2.05) is 23.2 Å². The second-order valence-electron chi connectivity index (χ2n) is 4.86. The molecule has 0 bridgehead atoms. The Morgan fingerprint density at radius 3 is 2.60 bits per heavy atom. The molecule has 0 radical (unpaired) electrons. The molecule has 0 atom stereocenters. The third-order valence-corrected chi connectivity index (χ3v) is 3.72. The number of carbonyl (C=O) groups is 1. The number of rotatable bonds is 4. The largest absolute Gasteiger partial charge is 0.385 e.